The van der Waals surface area contributed by atoms with Crippen LogP contribution in [0.5, 0.6) is 0 Å². The van der Waals surface area contributed by atoms with Gasteiger partial charge in [-0.2, -0.15) is 0 Å². The van der Waals surface area contributed by atoms with E-state index in [2.05, 4.69) is 15.2 Å². The lowest BCUT2D eigenvalue weighted by atomic mass is 10.2. The fourth-order valence-electron chi connectivity index (χ4n) is 3.14. The van der Waals surface area contributed by atoms with Crippen LogP contribution in [0, 0.1) is 6.92 Å². The molecule has 10 heteroatoms. The Labute approximate surface area is 185 Å². The zero-order valence-corrected chi connectivity index (χ0v) is 18.9. The van der Waals surface area contributed by atoms with E-state index in [1.807, 2.05) is 42.8 Å². The smallest absolute Gasteiger partial charge is 0.265 e. The van der Waals surface area contributed by atoms with Gasteiger partial charge in [0.1, 0.15) is 15.7 Å². The van der Waals surface area contributed by atoms with Crippen LogP contribution in [-0.4, -0.2) is 34.7 Å². The van der Waals surface area contributed by atoms with E-state index in [1.54, 1.807) is 37.5 Å². The number of aryl methyl sites for hydroxylation is 1. The maximum absolute atomic E-state index is 13.1. The van der Waals surface area contributed by atoms with E-state index < -0.39 is 10.0 Å². The third-order valence-electron chi connectivity index (χ3n) is 4.76. The van der Waals surface area contributed by atoms with Crippen molar-refractivity contribution in [1.82, 2.24) is 19.7 Å². The van der Waals surface area contributed by atoms with Crippen molar-refractivity contribution in [3.63, 3.8) is 0 Å². The molecule has 0 unspecified atom stereocenters. The first-order valence-corrected chi connectivity index (χ1v) is 11.8. The van der Waals surface area contributed by atoms with Crippen LogP contribution < -0.4 is 4.31 Å². The van der Waals surface area contributed by atoms with Crippen LogP contribution in [0.2, 0.25) is 0 Å². The van der Waals surface area contributed by atoms with Crippen LogP contribution in [0.25, 0.3) is 11.4 Å². The van der Waals surface area contributed by atoms with E-state index in [-0.39, 0.29) is 4.90 Å². The summed E-state index contributed by atoms with van der Waals surface area (Å²) in [4.78, 5) is 4.47. The highest BCUT2D eigenvalue weighted by Crippen LogP contribution is 2.30. The summed E-state index contributed by atoms with van der Waals surface area (Å²) in [6, 6.07) is 14.1. The summed E-state index contributed by atoms with van der Waals surface area (Å²) in [5.74, 6) is 1.45. The summed E-state index contributed by atoms with van der Waals surface area (Å²) >= 11 is 1.31. The van der Waals surface area contributed by atoms with Crippen LogP contribution in [0.1, 0.15) is 12.7 Å². The minimum atomic E-state index is -3.71. The van der Waals surface area contributed by atoms with Crippen molar-refractivity contribution in [3.8, 4) is 11.4 Å². The van der Waals surface area contributed by atoms with Crippen LogP contribution in [0.3, 0.4) is 0 Å². The summed E-state index contributed by atoms with van der Waals surface area (Å²) in [7, 11) is -1.85. The summed E-state index contributed by atoms with van der Waals surface area (Å²) in [6.45, 7) is 3.99. The molecule has 4 rings (SSSR count). The number of benzene rings is 1. The Bertz CT molecular complexity index is 1280. The van der Waals surface area contributed by atoms with E-state index in [0.29, 0.717) is 28.2 Å². The minimum Gasteiger partial charge on any atom is -0.469 e. The summed E-state index contributed by atoms with van der Waals surface area (Å²) in [5.41, 5.74) is 1.49. The summed E-state index contributed by atoms with van der Waals surface area (Å²) < 4.78 is 34.8. The lowest BCUT2D eigenvalue weighted by molar-refractivity contribution is 0.534. The van der Waals surface area contributed by atoms with Gasteiger partial charge in [-0.15, -0.1) is 10.2 Å². The molecule has 0 amide bonds. The Balaban J connectivity index is 1.56. The number of rotatable bonds is 7. The maximum atomic E-state index is 13.1. The van der Waals surface area contributed by atoms with Gasteiger partial charge in [-0.1, -0.05) is 18.2 Å². The molecule has 1 aromatic carbocycles. The van der Waals surface area contributed by atoms with Crippen LogP contribution in [0.15, 0.2) is 80.5 Å². The molecule has 0 spiro atoms. The Kier molecular flexibility index (Phi) is 5.84. The lowest BCUT2D eigenvalue weighted by Crippen LogP contribution is -2.30. The van der Waals surface area contributed by atoms with E-state index in [4.69, 9.17) is 4.42 Å². The monoisotopic (exact) mass is 455 g/mol. The molecule has 160 valence electrons. The topological polar surface area (TPSA) is 94.1 Å². The Morgan fingerprint density at radius 2 is 1.87 bits per heavy atom. The van der Waals surface area contributed by atoms with Gasteiger partial charge < -0.3 is 8.98 Å². The second-order valence-electron chi connectivity index (χ2n) is 6.70. The average Bonchev–Trinajstić information content (AvgIpc) is 3.35. The number of pyridine rings is 1. The van der Waals surface area contributed by atoms with Gasteiger partial charge in [-0.25, -0.2) is 13.4 Å². The Morgan fingerprint density at radius 3 is 2.48 bits per heavy atom. The van der Waals surface area contributed by atoms with E-state index in [0.717, 1.165) is 11.3 Å². The molecule has 0 aliphatic heterocycles. The first-order chi connectivity index (χ1) is 14.9. The van der Waals surface area contributed by atoms with Crippen molar-refractivity contribution >= 4 is 27.5 Å². The van der Waals surface area contributed by atoms with Crippen LogP contribution in [0.4, 0.5) is 5.69 Å². The van der Waals surface area contributed by atoms with Gasteiger partial charge in [0.05, 0.1) is 17.5 Å². The molecule has 0 atom stereocenters. The number of hydrogen-bond donors (Lipinski definition) is 0. The Morgan fingerprint density at radius 1 is 1.10 bits per heavy atom. The normalized spacial score (nSPS) is 11.6. The molecule has 0 bridgehead atoms. The van der Waals surface area contributed by atoms with Gasteiger partial charge in [0.15, 0.2) is 11.0 Å². The van der Waals surface area contributed by atoms with Gasteiger partial charge in [0.2, 0.25) is 0 Å². The fraction of sp³-hybridized carbons (Fsp3) is 0.190. The van der Waals surface area contributed by atoms with E-state index >= 15 is 0 Å². The van der Waals surface area contributed by atoms with Gasteiger partial charge in [0, 0.05) is 19.8 Å². The van der Waals surface area contributed by atoms with Gasteiger partial charge in [-0.3, -0.25) is 4.31 Å². The van der Waals surface area contributed by atoms with Crippen molar-refractivity contribution in [2.45, 2.75) is 28.9 Å². The van der Waals surface area contributed by atoms with Gasteiger partial charge >= 0.3 is 0 Å². The molecule has 0 saturated carbocycles. The molecule has 31 heavy (non-hydrogen) atoms. The standard InChI is InChI=1S/C21H21N5O3S2/c1-4-26(16-8-6-5-7-9-16)31(27,28)17-10-11-19(22-14-17)30-21-24-23-20(25(21)3)18-12-13-29-15(18)2/h5-14H,4H2,1-3H3. The third-order valence-corrected chi connectivity index (χ3v) is 7.63. The number of nitrogens with zero attached hydrogens (tertiary/aromatic N) is 5. The first kappa shape index (κ1) is 21.1. The zero-order valence-electron chi connectivity index (χ0n) is 17.3. The molecule has 0 aliphatic rings. The molecular weight excluding hydrogens is 434 g/mol. The number of furan rings is 1. The minimum absolute atomic E-state index is 0.134. The predicted molar refractivity (Wildman–Crippen MR) is 118 cm³/mol. The highest BCUT2D eigenvalue weighted by Gasteiger charge is 2.24. The number of aromatic nitrogens is 4. The fourth-order valence-corrected chi connectivity index (χ4v) is 5.29. The quantitative estimate of drug-likeness (QED) is 0.413. The SMILES string of the molecule is CCN(c1ccccc1)S(=O)(=O)c1ccc(Sc2nnc(-c3ccoc3C)n2C)nc1. The highest BCUT2D eigenvalue weighted by molar-refractivity contribution is 7.99. The van der Waals surface area contributed by atoms with Gasteiger partial charge in [-0.05, 0) is 55.9 Å². The molecule has 4 aromatic rings. The summed E-state index contributed by atoms with van der Waals surface area (Å²) in [5, 5.41) is 9.73. The van der Waals surface area contributed by atoms with Crippen molar-refractivity contribution in [3.05, 3.63) is 66.8 Å². The lowest BCUT2D eigenvalue weighted by Gasteiger charge is -2.22. The predicted octanol–water partition coefficient (Wildman–Crippen LogP) is 4.14. The Hall–Kier alpha value is -3.11. The molecule has 0 aliphatic carbocycles. The molecule has 0 fully saturated rings. The molecule has 0 saturated heterocycles. The van der Waals surface area contributed by atoms with E-state index in [1.165, 1.54) is 22.3 Å². The maximum Gasteiger partial charge on any atom is 0.265 e. The van der Waals surface area contributed by atoms with Crippen molar-refractivity contribution in [2.24, 2.45) is 7.05 Å². The molecule has 0 N–H and O–H groups in total. The number of sulfonamides is 1. The molecule has 3 aromatic heterocycles. The van der Waals surface area contributed by atoms with Crippen molar-refractivity contribution in [1.29, 1.82) is 0 Å². The molecule has 8 nitrogen and oxygen atoms in total. The number of hydrogen-bond acceptors (Lipinski definition) is 7. The second kappa shape index (κ2) is 8.56. The van der Waals surface area contributed by atoms with Gasteiger partial charge in [0.25, 0.3) is 10.0 Å². The molecular formula is C21H21N5O3S2. The first-order valence-electron chi connectivity index (χ1n) is 9.57. The number of anilines is 1. The van der Waals surface area contributed by atoms with Crippen LogP contribution in [-0.2, 0) is 17.1 Å². The van der Waals surface area contributed by atoms with Crippen molar-refractivity contribution in [2.75, 3.05) is 10.8 Å². The highest BCUT2D eigenvalue weighted by atomic mass is 32.2. The van der Waals surface area contributed by atoms with Crippen LogP contribution >= 0.6 is 11.8 Å². The summed E-state index contributed by atoms with van der Waals surface area (Å²) in [6.07, 6.45) is 2.99. The second-order valence-corrected chi connectivity index (χ2v) is 9.55. The zero-order chi connectivity index (χ0) is 22.0. The van der Waals surface area contributed by atoms with E-state index in [9.17, 15) is 8.42 Å². The third kappa shape index (κ3) is 4.08. The molecule has 3 heterocycles. The molecule has 0 radical (unpaired) electrons. The van der Waals surface area contributed by atoms with Crippen molar-refractivity contribution < 1.29 is 12.8 Å². The number of para-hydroxylation sites is 1. The average molecular weight is 456 g/mol. The largest absolute Gasteiger partial charge is 0.469 e.